The molecule has 2 amide bonds. The van der Waals surface area contributed by atoms with Crippen LogP contribution in [0.1, 0.15) is 5.56 Å². The Morgan fingerprint density at radius 1 is 1.04 bits per heavy atom. The highest BCUT2D eigenvalue weighted by Crippen LogP contribution is 2.21. The van der Waals surface area contributed by atoms with Crippen LogP contribution in [0.3, 0.4) is 0 Å². The molecule has 0 aliphatic rings. The van der Waals surface area contributed by atoms with Crippen LogP contribution in [0.5, 0.6) is 0 Å². The molecule has 5 nitrogen and oxygen atoms in total. The summed E-state index contributed by atoms with van der Waals surface area (Å²) in [5.74, 6) is -2.54. The summed E-state index contributed by atoms with van der Waals surface area (Å²) in [4.78, 5) is 23.2. The predicted molar refractivity (Wildman–Crippen MR) is 87.2 cm³/mol. The van der Waals surface area contributed by atoms with Crippen LogP contribution in [0, 0.1) is 5.82 Å². The van der Waals surface area contributed by atoms with E-state index in [-0.39, 0.29) is 5.69 Å². The fourth-order valence-corrected chi connectivity index (χ4v) is 2.09. The van der Waals surface area contributed by atoms with E-state index in [0.717, 1.165) is 6.07 Å². The lowest BCUT2D eigenvalue weighted by atomic mass is 10.2. The minimum atomic E-state index is -1.02. The molecule has 8 heteroatoms. The van der Waals surface area contributed by atoms with Crippen molar-refractivity contribution in [1.29, 1.82) is 0 Å². The van der Waals surface area contributed by atoms with Gasteiger partial charge in [-0.1, -0.05) is 35.3 Å². The van der Waals surface area contributed by atoms with Crippen molar-refractivity contribution in [3.63, 3.8) is 0 Å². The van der Waals surface area contributed by atoms with Crippen molar-refractivity contribution in [3.05, 3.63) is 63.9 Å². The third-order valence-corrected chi connectivity index (χ3v) is 3.31. The zero-order chi connectivity index (χ0) is 16.8. The van der Waals surface area contributed by atoms with Crippen LogP contribution >= 0.6 is 23.2 Å². The lowest BCUT2D eigenvalue weighted by molar-refractivity contribution is -0.136. The quantitative estimate of drug-likeness (QED) is 0.505. The maximum atomic E-state index is 13.0. The van der Waals surface area contributed by atoms with Gasteiger partial charge in [0.2, 0.25) is 0 Å². The van der Waals surface area contributed by atoms with Crippen LogP contribution in [0.15, 0.2) is 47.6 Å². The average molecular weight is 354 g/mol. The molecule has 2 aromatic rings. The second-order valence-electron chi connectivity index (χ2n) is 4.30. The van der Waals surface area contributed by atoms with Gasteiger partial charge in [0.05, 0.1) is 16.3 Å². The van der Waals surface area contributed by atoms with E-state index in [1.54, 1.807) is 18.2 Å². The third kappa shape index (κ3) is 4.77. The molecule has 0 fully saturated rings. The molecule has 2 aromatic carbocycles. The number of nitrogens with zero attached hydrogens (tertiary/aromatic N) is 1. The average Bonchev–Trinajstić information content (AvgIpc) is 2.50. The number of hydrogen-bond acceptors (Lipinski definition) is 3. The lowest BCUT2D eigenvalue weighted by Gasteiger charge is -2.04. The first kappa shape index (κ1) is 16.9. The van der Waals surface area contributed by atoms with Gasteiger partial charge in [-0.3, -0.25) is 9.59 Å². The van der Waals surface area contributed by atoms with Crippen LogP contribution in [0.2, 0.25) is 10.0 Å². The molecule has 0 bridgehead atoms. The van der Waals surface area contributed by atoms with Gasteiger partial charge in [0.1, 0.15) is 5.82 Å². The number of anilines is 1. The Hall–Kier alpha value is -2.44. The van der Waals surface area contributed by atoms with Crippen LogP contribution in [0.25, 0.3) is 0 Å². The second kappa shape index (κ2) is 7.71. The van der Waals surface area contributed by atoms with Crippen LogP contribution in [0.4, 0.5) is 10.1 Å². The summed E-state index contributed by atoms with van der Waals surface area (Å²) in [6.07, 6.45) is 1.22. The molecular weight excluding hydrogens is 344 g/mol. The summed E-state index contributed by atoms with van der Waals surface area (Å²) >= 11 is 11.9. The monoisotopic (exact) mass is 353 g/mol. The van der Waals surface area contributed by atoms with Crippen molar-refractivity contribution in [1.82, 2.24) is 5.43 Å². The smallest absolute Gasteiger partial charge is 0.318 e. The lowest BCUT2D eigenvalue weighted by Crippen LogP contribution is -2.32. The first-order chi connectivity index (χ1) is 11.0. The molecule has 118 valence electrons. The molecular formula is C15H10Cl2FN3O2. The highest BCUT2D eigenvalue weighted by Gasteiger charge is 2.13. The van der Waals surface area contributed by atoms with Gasteiger partial charge in [-0.2, -0.15) is 5.10 Å². The normalized spacial score (nSPS) is 10.6. The predicted octanol–water partition coefficient (Wildman–Crippen LogP) is 3.22. The fraction of sp³-hybridized carbons (Fsp3) is 0. The number of rotatable bonds is 3. The van der Waals surface area contributed by atoms with Crippen LogP contribution in [-0.4, -0.2) is 18.0 Å². The molecule has 0 aliphatic carbocycles. The first-order valence-corrected chi connectivity index (χ1v) is 7.07. The highest BCUT2D eigenvalue weighted by molar-refractivity contribution is 6.40. The van der Waals surface area contributed by atoms with Gasteiger partial charge >= 0.3 is 11.8 Å². The molecule has 2 rings (SSSR count). The van der Waals surface area contributed by atoms with Gasteiger partial charge in [-0.05, 0) is 30.3 Å². The van der Waals surface area contributed by atoms with E-state index in [1.807, 2.05) is 5.43 Å². The maximum Gasteiger partial charge on any atom is 0.329 e. The molecule has 23 heavy (non-hydrogen) atoms. The molecule has 0 atom stereocenters. The summed E-state index contributed by atoms with van der Waals surface area (Å²) in [5.41, 5.74) is 2.59. The van der Waals surface area contributed by atoms with Gasteiger partial charge < -0.3 is 5.32 Å². The van der Waals surface area contributed by atoms with Gasteiger partial charge in [0, 0.05) is 11.3 Å². The summed E-state index contributed by atoms with van der Waals surface area (Å²) in [6, 6.07) is 10.0. The number of amides is 2. The molecule has 0 unspecified atom stereocenters. The van der Waals surface area contributed by atoms with Gasteiger partial charge in [-0.15, -0.1) is 0 Å². The van der Waals surface area contributed by atoms with Gasteiger partial charge in [-0.25, -0.2) is 9.82 Å². The highest BCUT2D eigenvalue weighted by atomic mass is 35.5. The number of hydrazone groups is 1. The number of nitrogens with one attached hydrogen (secondary N) is 2. The largest absolute Gasteiger partial charge is 0.329 e. The minimum absolute atomic E-state index is 0.156. The number of carbonyl (C=O) groups is 2. The fourth-order valence-electron chi connectivity index (χ4n) is 1.59. The number of halogens is 3. The first-order valence-electron chi connectivity index (χ1n) is 6.31. The van der Waals surface area contributed by atoms with Crippen molar-refractivity contribution in [2.24, 2.45) is 5.10 Å². The number of hydrogen-bond donors (Lipinski definition) is 2. The number of benzene rings is 2. The van der Waals surface area contributed by atoms with Crippen molar-refractivity contribution < 1.29 is 14.0 Å². The Morgan fingerprint density at radius 3 is 2.35 bits per heavy atom. The Kier molecular flexibility index (Phi) is 5.67. The maximum absolute atomic E-state index is 13.0. The molecule has 0 aliphatic heterocycles. The Labute approximate surface area is 141 Å². The zero-order valence-electron chi connectivity index (χ0n) is 11.5. The molecule has 0 radical (unpaired) electrons. The third-order valence-electron chi connectivity index (χ3n) is 2.65. The van der Waals surface area contributed by atoms with E-state index in [0.29, 0.717) is 15.6 Å². The van der Waals surface area contributed by atoms with E-state index in [1.165, 1.54) is 24.4 Å². The van der Waals surface area contributed by atoms with E-state index >= 15 is 0 Å². The van der Waals surface area contributed by atoms with E-state index < -0.39 is 17.6 Å². The van der Waals surface area contributed by atoms with Crippen molar-refractivity contribution >= 4 is 46.9 Å². The van der Waals surface area contributed by atoms with Gasteiger partial charge in [0.15, 0.2) is 0 Å². The summed E-state index contributed by atoms with van der Waals surface area (Å²) in [7, 11) is 0. The summed E-state index contributed by atoms with van der Waals surface area (Å²) in [6.45, 7) is 0. The summed E-state index contributed by atoms with van der Waals surface area (Å²) in [5, 5.41) is 6.55. The Balaban J connectivity index is 1.96. The SMILES string of the molecule is O=C(N/N=C/c1c(Cl)cccc1Cl)C(=O)Nc1cccc(F)c1. The molecule has 0 heterocycles. The Bertz CT molecular complexity index is 761. The van der Waals surface area contributed by atoms with E-state index in [9.17, 15) is 14.0 Å². The standard InChI is InChI=1S/C15H10Cl2FN3O2/c16-12-5-2-6-13(17)11(12)8-19-21-15(23)14(22)20-10-4-1-3-9(18)7-10/h1-8H,(H,20,22)(H,21,23)/b19-8+. The van der Waals surface area contributed by atoms with E-state index in [4.69, 9.17) is 23.2 Å². The number of carbonyl (C=O) groups excluding carboxylic acids is 2. The van der Waals surface area contributed by atoms with Crippen LogP contribution in [-0.2, 0) is 9.59 Å². The zero-order valence-corrected chi connectivity index (χ0v) is 13.0. The van der Waals surface area contributed by atoms with Crippen molar-refractivity contribution in [2.75, 3.05) is 5.32 Å². The van der Waals surface area contributed by atoms with Crippen molar-refractivity contribution in [2.45, 2.75) is 0 Å². The van der Waals surface area contributed by atoms with Crippen LogP contribution < -0.4 is 10.7 Å². The van der Waals surface area contributed by atoms with Crippen molar-refractivity contribution in [3.8, 4) is 0 Å². The van der Waals surface area contributed by atoms with Gasteiger partial charge in [0.25, 0.3) is 0 Å². The minimum Gasteiger partial charge on any atom is -0.318 e. The second-order valence-corrected chi connectivity index (χ2v) is 5.11. The topological polar surface area (TPSA) is 70.6 Å². The summed E-state index contributed by atoms with van der Waals surface area (Å²) < 4.78 is 13.0. The molecule has 0 spiro atoms. The molecule has 0 saturated heterocycles. The molecule has 0 aromatic heterocycles. The Morgan fingerprint density at radius 2 is 1.70 bits per heavy atom. The molecule has 2 N–H and O–H groups in total. The molecule has 0 saturated carbocycles. The van der Waals surface area contributed by atoms with E-state index in [2.05, 4.69) is 10.4 Å².